The van der Waals surface area contributed by atoms with Crippen LogP contribution in [0.25, 0.3) is 0 Å². The van der Waals surface area contributed by atoms with Crippen LogP contribution in [-0.2, 0) is 16.1 Å². The Bertz CT molecular complexity index is 743. The highest BCUT2D eigenvalue weighted by Gasteiger charge is 2.06. The van der Waals surface area contributed by atoms with Gasteiger partial charge in [-0.25, -0.2) is 5.43 Å². The number of hydrogen-bond donors (Lipinski definition) is 2. The zero-order valence-corrected chi connectivity index (χ0v) is 14.7. The first kappa shape index (κ1) is 18.7. The molecule has 2 aromatic rings. The molecule has 0 aliphatic heterocycles. The zero-order valence-electron chi connectivity index (χ0n) is 14.0. The van der Waals surface area contributed by atoms with E-state index in [0.717, 1.165) is 11.1 Å². The van der Waals surface area contributed by atoms with Crippen molar-refractivity contribution in [3.05, 3.63) is 70.7 Å². The lowest BCUT2D eigenvalue weighted by Gasteiger charge is -2.05. The van der Waals surface area contributed by atoms with E-state index in [-0.39, 0.29) is 24.7 Å². The van der Waals surface area contributed by atoms with E-state index in [4.69, 9.17) is 11.6 Å². The summed E-state index contributed by atoms with van der Waals surface area (Å²) >= 11 is 5.83. The number of hydrazone groups is 1. The monoisotopic (exact) mass is 357 g/mol. The molecule has 0 bridgehead atoms. The predicted octanol–water partition coefficient (Wildman–Crippen LogP) is 3.28. The summed E-state index contributed by atoms with van der Waals surface area (Å²) in [5.74, 6) is -0.472. The number of halogens is 1. The lowest BCUT2D eigenvalue weighted by molar-refractivity contribution is -0.126. The van der Waals surface area contributed by atoms with Crippen molar-refractivity contribution < 1.29 is 9.59 Å². The Balaban J connectivity index is 1.71. The molecule has 2 N–H and O–H groups in total. The quantitative estimate of drug-likeness (QED) is 0.589. The average Bonchev–Trinajstić information content (AvgIpc) is 2.64. The normalized spacial score (nSPS) is 11.0. The van der Waals surface area contributed by atoms with Gasteiger partial charge in [0.2, 0.25) is 11.8 Å². The molecule has 2 rings (SSSR count). The van der Waals surface area contributed by atoms with E-state index >= 15 is 0 Å². The zero-order chi connectivity index (χ0) is 18.1. The van der Waals surface area contributed by atoms with Crippen molar-refractivity contribution in [3.8, 4) is 0 Å². The molecular formula is C19H20ClN3O2. The molecule has 0 aliphatic rings. The molecule has 0 saturated carbocycles. The van der Waals surface area contributed by atoms with Crippen molar-refractivity contribution in [2.24, 2.45) is 5.10 Å². The summed E-state index contributed by atoms with van der Waals surface area (Å²) in [5, 5.41) is 7.46. The average molecular weight is 358 g/mol. The molecule has 0 spiro atoms. The summed E-state index contributed by atoms with van der Waals surface area (Å²) in [6, 6.07) is 16.8. The molecule has 0 heterocycles. The minimum Gasteiger partial charge on any atom is -0.352 e. The van der Waals surface area contributed by atoms with Crippen LogP contribution < -0.4 is 10.7 Å². The van der Waals surface area contributed by atoms with Gasteiger partial charge in [-0.2, -0.15) is 5.10 Å². The second-order valence-corrected chi connectivity index (χ2v) is 5.94. The minimum atomic E-state index is -0.303. The van der Waals surface area contributed by atoms with E-state index in [1.807, 2.05) is 42.5 Å². The van der Waals surface area contributed by atoms with E-state index in [9.17, 15) is 9.59 Å². The van der Waals surface area contributed by atoms with Gasteiger partial charge in [0.25, 0.3) is 0 Å². The fourth-order valence-corrected chi connectivity index (χ4v) is 2.20. The van der Waals surface area contributed by atoms with Gasteiger partial charge < -0.3 is 5.32 Å². The highest BCUT2D eigenvalue weighted by Crippen LogP contribution is 2.10. The minimum absolute atomic E-state index is 0.0814. The summed E-state index contributed by atoms with van der Waals surface area (Å²) in [5.41, 5.74) is 5.01. The lowest BCUT2D eigenvalue weighted by Crippen LogP contribution is -2.26. The molecule has 2 aromatic carbocycles. The number of benzene rings is 2. The van der Waals surface area contributed by atoms with Crippen molar-refractivity contribution in [2.45, 2.75) is 26.3 Å². The van der Waals surface area contributed by atoms with Gasteiger partial charge in [-0.15, -0.1) is 0 Å². The molecule has 0 fully saturated rings. The first-order valence-corrected chi connectivity index (χ1v) is 8.32. The number of amides is 2. The van der Waals surface area contributed by atoms with Gasteiger partial charge in [-0.3, -0.25) is 9.59 Å². The molecule has 0 aromatic heterocycles. The van der Waals surface area contributed by atoms with Crippen molar-refractivity contribution >= 4 is 29.1 Å². The third kappa shape index (κ3) is 6.77. The van der Waals surface area contributed by atoms with E-state index < -0.39 is 0 Å². The van der Waals surface area contributed by atoms with Gasteiger partial charge in [-0.05, 0) is 30.2 Å². The fraction of sp³-hybridized carbons (Fsp3) is 0.211. The van der Waals surface area contributed by atoms with Crippen LogP contribution in [-0.4, -0.2) is 17.5 Å². The van der Waals surface area contributed by atoms with Crippen LogP contribution in [0.2, 0.25) is 5.02 Å². The van der Waals surface area contributed by atoms with Crippen molar-refractivity contribution in [1.82, 2.24) is 10.7 Å². The van der Waals surface area contributed by atoms with Gasteiger partial charge in [0.1, 0.15) is 0 Å². The second kappa shape index (κ2) is 9.59. The van der Waals surface area contributed by atoms with Gasteiger partial charge in [0.05, 0.1) is 5.71 Å². The molecule has 25 heavy (non-hydrogen) atoms. The molecule has 0 aliphatic carbocycles. The summed E-state index contributed by atoms with van der Waals surface area (Å²) in [6.07, 6.45) is 0.201. The third-order valence-corrected chi connectivity index (χ3v) is 3.77. The van der Waals surface area contributed by atoms with Crippen LogP contribution in [0.4, 0.5) is 0 Å². The van der Waals surface area contributed by atoms with Gasteiger partial charge >= 0.3 is 0 Å². The van der Waals surface area contributed by atoms with Gasteiger partial charge in [0.15, 0.2) is 0 Å². The van der Waals surface area contributed by atoms with E-state index in [1.165, 1.54) is 0 Å². The number of nitrogens with one attached hydrogen (secondary N) is 2. The Hall–Kier alpha value is -2.66. The summed E-state index contributed by atoms with van der Waals surface area (Å²) in [6.45, 7) is 2.24. The smallest absolute Gasteiger partial charge is 0.240 e. The highest BCUT2D eigenvalue weighted by molar-refractivity contribution is 6.30. The Morgan fingerprint density at radius 3 is 2.28 bits per heavy atom. The first-order valence-electron chi connectivity index (χ1n) is 7.94. The van der Waals surface area contributed by atoms with Crippen molar-refractivity contribution in [2.75, 3.05) is 0 Å². The molecule has 0 radical (unpaired) electrons. The van der Waals surface area contributed by atoms with Crippen LogP contribution in [0.3, 0.4) is 0 Å². The second-order valence-electron chi connectivity index (χ2n) is 5.50. The highest BCUT2D eigenvalue weighted by atomic mass is 35.5. The maximum Gasteiger partial charge on any atom is 0.240 e. The molecule has 0 atom stereocenters. The van der Waals surface area contributed by atoms with E-state index in [0.29, 0.717) is 17.3 Å². The molecule has 0 unspecified atom stereocenters. The maximum atomic E-state index is 11.8. The number of rotatable bonds is 7. The van der Waals surface area contributed by atoms with Crippen LogP contribution in [0, 0.1) is 0 Å². The number of carbonyl (C=O) groups excluding carboxylic acids is 2. The molecule has 5 nitrogen and oxygen atoms in total. The standard InChI is InChI=1S/C19H20ClN3O2/c1-14(16-7-9-17(20)10-8-16)22-23-19(25)12-11-18(24)21-13-15-5-3-2-4-6-15/h2-10H,11-13H2,1H3,(H,21,24)(H,23,25). The lowest BCUT2D eigenvalue weighted by atomic mass is 10.1. The maximum absolute atomic E-state index is 11.8. The van der Waals surface area contributed by atoms with Crippen LogP contribution in [0.15, 0.2) is 59.7 Å². The summed E-state index contributed by atoms with van der Waals surface area (Å²) < 4.78 is 0. The van der Waals surface area contributed by atoms with Crippen LogP contribution in [0.5, 0.6) is 0 Å². The Morgan fingerprint density at radius 2 is 1.60 bits per heavy atom. The van der Waals surface area contributed by atoms with Crippen molar-refractivity contribution in [3.63, 3.8) is 0 Å². The molecule has 130 valence electrons. The third-order valence-electron chi connectivity index (χ3n) is 3.52. The molecule has 6 heteroatoms. The summed E-state index contributed by atoms with van der Waals surface area (Å²) in [4.78, 5) is 23.6. The number of carbonyl (C=O) groups is 2. The first-order chi connectivity index (χ1) is 12.0. The fourth-order valence-electron chi connectivity index (χ4n) is 2.07. The molecule has 2 amide bonds. The molecule has 0 saturated heterocycles. The van der Waals surface area contributed by atoms with Crippen LogP contribution >= 0.6 is 11.6 Å². The topological polar surface area (TPSA) is 70.6 Å². The SMILES string of the molecule is CC(=NNC(=O)CCC(=O)NCc1ccccc1)c1ccc(Cl)cc1. The Kier molecular flexibility index (Phi) is 7.16. The molecular weight excluding hydrogens is 338 g/mol. The number of nitrogens with zero attached hydrogens (tertiary/aromatic N) is 1. The van der Waals surface area contributed by atoms with Gasteiger partial charge in [0, 0.05) is 24.4 Å². The van der Waals surface area contributed by atoms with E-state index in [2.05, 4.69) is 15.8 Å². The van der Waals surface area contributed by atoms with Crippen molar-refractivity contribution in [1.29, 1.82) is 0 Å². The number of hydrogen-bond acceptors (Lipinski definition) is 3. The Labute approximate surface area is 152 Å². The largest absolute Gasteiger partial charge is 0.352 e. The Morgan fingerprint density at radius 1 is 0.960 bits per heavy atom. The van der Waals surface area contributed by atoms with Crippen LogP contribution in [0.1, 0.15) is 30.9 Å². The van der Waals surface area contributed by atoms with Gasteiger partial charge in [-0.1, -0.05) is 54.1 Å². The summed E-state index contributed by atoms with van der Waals surface area (Å²) in [7, 11) is 0. The predicted molar refractivity (Wildman–Crippen MR) is 99.3 cm³/mol. The van der Waals surface area contributed by atoms with E-state index in [1.54, 1.807) is 19.1 Å².